The summed E-state index contributed by atoms with van der Waals surface area (Å²) in [5.41, 5.74) is 7.84. The fourth-order valence-corrected chi connectivity index (χ4v) is 4.89. The second-order valence-electron chi connectivity index (χ2n) is 8.63. The van der Waals surface area contributed by atoms with Crippen LogP contribution < -0.4 is 4.90 Å². The molecule has 1 aliphatic heterocycles. The number of hydrogen-bond acceptors (Lipinski definition) is 4. The van der Waals surface area contributed by atoms with Gasteiger partial charge < -0.3 is 9.64 Å². The summed E-state index contributed by atoms with van der Waals surface area (Å²) < 4.78 is 4.86. The van der Waals surface area contributed by atoms with Crippen LogP contribution >= 0.6 is 0 Å². The molecule has 0 saturated carbocycles. The largest absolute Gasteiger partial charge is 0.465 e. The Balaban J connectivity index is 1.69. The third-order valence-corrected chi connectivity index (χ3v) is 6.34. The summed E-state index contributed by atoms with van der Waals surface area (Å²) in [5.74, 6) is -0.442. The first-order chi connectivity index (χ1) is 15.4. The number of ether oxygens (including phenoxy) is 1. The van der Waals surface area contributed by atoms with E-state index >= 15 is 0 Å². The molecule has 4 heteroatoms. The monoisotopic (exact) mass is 427 g/mol. The van der Waals surface area contributed by atoms with Crippen molar-refractivity contribution in [2.24, 2.45) is 0 Å². The summed E-state index contributed by atoms with van der Waals surface area (Å²) in [7, 11) is 1.40. The molecule has 0 N–H and O–H groups in total. The zero-order valence-electron chi connectivity index (χ0n) is 19.1. The minimum atomic E-state index is -0.325. The average Bonchev–Trinajstić information content (AvgIpc) is 3.18. The van der Waals surface area contributed by atoms with Crippen LogP contribution in [0.5, 0.6) is 0 Å². The van der Waals surface area contributed by atoms with Crippen LogP contribution in [0, 0.1) is 20.8 Å². The fraction of sp³-hybridized carbons (Fsp3) is 0.286. The summed E-state index contributed by atoms with van der Waals surface area (Å²) >= 11 is 0. The highest BCUT2D eigenvalue weighted by Crippen LogP contribution is 2.33. The Labute approximate surface area is 189 Å². The van der Waals surface area contributed by atoms with Crippen molar-refractivity contribution in [1.82, 2.24) is 0 Å². The fourth-order valence-electron chi connectivity index (χ4n) is 4.89. The lowest BCUT2D eigenvalue weighted by molar-refractivity contribution is 0.0600. The molecule has 4 rings (SSSR count). The molecule has 32 heavy (non-hydrogen) atoms. The summed E-state index contributed by atoms with van der Waals surface area (Å²) in [5, 5.41) is 0. The van der Waals surface area contributed by atoms with Crippen molar-refractivity contribution in [1.29, 1.82) is 0 Å². The number of Topliss-reactive ketones (excluding diaryl/α,β-unsaturated/α-hetero) is 1. The molecule has 0 amide bonds. The Morgan fingerprint density at radius 3 is 2.31 bits per heavy atom. The topological polar surface area (TPSA) is 46.6 Å². The molecule has 1 unspecified atom stereocenters. The molecule has 164 valence electrons. The normalized spacial score (nSPS) is 13.6. The lowest BCUT2D eigenvalue weighted by Crippen LogP contribution is -2.31. The molecule has 0 spiro atoms. The Hall–Kier alpha value is -3.40. The van der Waals surface area contributed by atoms with Crippen molar-refractivity contribution in [2.45, 2.75) is 33.1 Å². The molecule has 4 nitrogen and oxygen atoms in total. The van der Waals surface area contributed by atoms with Gasteiger partial charge in [-0.25, -0.2) is 4.79 Å². The highest BCUT2D eigenvalue weighted by atomic mass is 16.5. The van der Waals surface area contributed by atoms with E-state index in [0.717, 1.165) is 46.5 Å². The van der Waals surface area contributed by atoms with Gasteiger partial charge in [0.1, 0.15) is 0 Å². The molecular formula is C28H29NO3. The second-order valence-corrected chi connectivity index (χ2v) is 8.63. The Morgan fingerprint density at radius 1 is 0.969 bits per heavy atom. The minimum Gasteiger partial charge on any atom is -0.465 e. The van der Waals surface area contributed by atoms with Crippen molar-refractivity contribution >= 4 is 17.4 Å². The third kappa shape index (κ3) is 4.18. The summed E-state index contributed by atoms with van der Waals surface area (Å²) in [6.07, 6.45) is 0.846. The average molecular weight is 428 g/mol. The standard InChI is InChI=1S/C28H29NO3/c1-18-14-19(2)26(20(3)15-18)27(30)24(21-8-6-5-7-9-21)17-29-13-12-22-16-23(28(31)32-4)10-11-25(22)29/h5-11,14-16,24H,12-13,17H2,1-4H3. The molecule has 1 aliphatic rings. The maximum absolute atomic E-state index is 13.9. The van der Waals surface area contributed by atoms with E-state index in [1.165, 1.54) is 12.7 Å². The van der Waals surface area contributed by atoms with Crippen LogP contribution in [0.25, 0.3) is 0 Å². The van der Waals surface area contributed by atoms with Gasteiger partial charge in [0.15, 0.2) is 5.78 Å². The molecule has 0 fully saturated rings. The van der Waals surface area contributed by atoms with Gasteiger partial charge in [0.25, 0.3) is 0 Å². The Kier molecular flexibility index (Phi) is 6.13. The number of anilines is 1. The van der Waals surface area contributed by atoms with Gasteiger partial charge in [-0.15, -0.1) is 0 Å². The lowest BCUT2D eigenvalue weighted by atomic mass is 9.85. The number of carbonyl (C=O) groups is 2. The number of benzene rings is 3. The molecule has 1 atom stereocenters. The van der Waals surface area contributed by atoms with Gasteiger partial charge in [-0.2, -0.15) is 0 Å². The van der Waals surface area contributed by atoms with Gasteiger partial charge in [-0.05, 0) is 67.6 Å². The molecule has 0 radical (unpaired) electrons. The first-order valence-electron chi connectivity index (χ1n) is 11.0. The van der Waals surface area contributed by atoms with Gasteiger partial charge >= 0.3 is 5.97 Å². The van der Waals surface area contributed by atoms with Crippen molar-refractivity contribution in [3.8, 4) is 0 Å². The van der Waals surface area contributed by atoms with E-state index in [4.69, 9.17) is 4.74 Å². The van der Waals surface area contributed by atoms with Gasteiger partial charge in [0, 0.05) is 24.3 Å². The van der Waals surface area contributed by atoms with Crippen LogP contribution in [0.15, 0.2) is 60.7 Å². The molecule has 0 aliphatic carbocycles. The smallest absolute Gasteiger partial charge is 0.337 e. The van der Waals surface area contributed by atoms with E-state index in [2.05, 4.69) is 24.0 Å². The van der Waals surface area contributed by atoms with Crippen LogP contribution in [0.2, 0.25) is 0 Å². The number of fused-ring (bicyclic) bond motifs is 1. The number of ketones is 1. The summed E-state index contributed by atoms with van der Waals surface area (Å²) in [6.45, 7) is 7.53. The highest BCUT2D eigenvalue weighted by Gasteiger charge is 2.30. The highest BCUT2D eigenvalue weighted by molar-refractivity contribution is 6.04. The molecule has 3 aromatic rings. The maximum Gasteiger partial charge on any atom is 0.337 e. The first kappa shape index (κ1) is 21.8. The molecule has 0 bridgehead atoms. The lowest BCUT2D eigenvalue weighted by Gasteiger charge is -2.27. The van der Waals surface area contributed by atoms with Crippen molar-refractivity contribution in [3.63, 3.8) is 0 Å². The van der Waals surface area contributed by atoms with Crippen LogP contribution in [-0.4, -0.2) is 32.0 Å². The van der Waals surface area contributed by atoms with E-state index in [0.29, 0.717) is 12.1 Å². The number of methoxy groups -OCH3 is 1. The zero-order chi connectivity index (χ0) is 22.8. The minimum absolute atomic E-state index is 0.158. The van der Waals surface area contributed by atoms with Crippen molar-refractivity contribution in [3.05, 3.63) is 99.6 Å². The van der Waals surface area contributed by atoms with E-state index < -0.39 is 0 Å². The van der Waals surface area contributed by atoms with Gasteiger partial charge in [0.2, 0.25) is 0 Å². The Bertz CT molecular complexity index is 1140. The predicted molar refractivity (Wildman–Crippen MR) is 128 cm³/mol. The number of carbonyl (C=O) groups excluding carboxylic acids is 2. The molecule has 0 saturated heterocycles. The Morgan fingerprint density at radius 2 is 1.66 bits per heavy atom. The van der Waals surface area contributed by atoms with Crippen LogP contribution in [0.1, 0.15) is 54.5 Å². The van der Waals surface area contributed by atoms with E-state index in [1.54, 1.807) is 6.07 Å². The van der Waals surface area contributed by atoms with E-state index in [-0.39, 0.29) is 17.7 Å². The molecule has 1 heterocycles. The van der Waals surface area contributed by atoms with Gasteiger partial charge in [-0.3, -0.25) is 4.79 Å². The zero-order valence-corrected chi connectivity index (χ0v) is 19.1. The summed E-state index contributed by atoms with van der Waals surface area (Å²) in [6, 6.07) is 19.9. The van der Waals surface area contributed by atoms with E-state index in [9.17, 15) is 9.59 Å². The number of aryl methyl sites for hydroxylation is 3. The SMILES string of the molecule is COC(=O)c1ccc2c(c1)CCN2CC(C(=O)c1c(C)cc(C)cc1C)c1ccccc1. The third-order valence-electron chi connectivity index (χ3n) is 6.34. The van der Waals surface area contributed by atoms with Crippen molar-refractivity contribution in [2.75, 3.05) is 25.1 Å². The van der Waals surface area contributed by atoms with Crippen molar-refractivity contribution < 1.29 is 14.3 Å². The van der Waals surface area contributed by atoms with Crippen LogP contribution in [0.4, 0.5) is 5.69 Å². The summed E-state index contributed by atoms with van der Waals surface area (Å²) in [4.78, 5) is 28.1. The van der Waals surface area contributed by atoms with E-state index in [1.807, 2.05) is 56.3 Å². The number of rotatable bonds is 6. The molecular weight excluding hydrogens is 398 g/mol. The number of nitrogens with zero attached hydrogens (tertiary/aromatic N) is 1. The quantitative estimate of drug-likeness (QED) is 0.389. The second kappa shape index (κ2) is 8.99. The first-order valence-corrected chi connectivity index (χ1v) is 11.0. The van der Waals surface area contributed by atoms with Crippen LogP contribution in [0.3, 0.4) is 0 Å². The van der Waals surface area contributed by atoms with Gasteiger partial charge in [0.05, 0.1) is 18.6 Å². The predicted octanol–water partition coefficient (Wildman–Crippen LogP) is 5.43. The number of esters is 1. The number of hydrogen-bond donors (Lipinski definition) is 0. The van der Waals surface area contributed by atoms with Gasteiger partial charge in [-0.1, -0.05) is 48.0 Å². The van der Waals surface area contributed by atoms with Crippen LogP contribution in [-0.2, 0) is 11.2 Å². The maximum atomic E-state index is 13.9. The molecule has 0 aromatic heterocycles. The molecule has 3 aromatic carbocycles.